The number of fused-ring (bicyclic) bond motifs is 1. The summed E-state index contributed by atoms with van der Waals surface area (Å²) in [7, 11) is -4.16. The largest absolute Gasteiger partial charge is 0.445 e. The molecule has 1 saturated heterocycles. The molecule has 0 saturated carbocycles. The van der Waals surface area contributed by atoms with Gasteiger partial charge in [-0.2, -0.15) is 13.2 Å². The van der Waals surface area contributed by atoms with Crippen molar-refractivity contribution in [2.45, 2.75) is 36.9 Å². The Balaban J connectivity index is 1.18. The topological polar surface area (TPSA) is 98.7 Å². The van der Waals surface area contributed by atoms with E-state index in [4.69, 9.17) is 0 Å². The minimum absolute atomic E-state index is 0.00491. The summed E-state index contributed by atoms with van der Waals surface area (Å²) in [6, 6.07) is 10.2. The lowest BCUT2D eigenvalue weighted by atomic mass is 9.99. The van der Waals surface area contributed by atoms with E-state index in [0.29, 0.717) is 26.2 Å². The van der Waals surface area contributed by atoms with Gasteiger partial charge in [0, 0.05) is 44.1 Å². The third kappa shape index (κ3) is 5.84. The maximum atomic E-state index is 13.7. The third-order valence-electron chi connectivity index (χ3n) is 7.01. The zero-order valence-electron chi connectivity index (χ0n) is 21.4. The Hall–Kier alpha value is -3.46. The van der Waals surface area contributed by atoms with Crippen LogP contribution in [0.2, 0.25) is 0 Å². The first-order valence-electron chi connectivity index (χ1n) is 12.5. The summed E-state index contributed by atoms with van der Waals surface area (Å²) in [6.07, 6.45) is -3.09. The quantitative estimate of drug-likeness (QED) is 0.429. The zero-order valence-corrected chi connectivity index (χ0v) is 23.0. The van der Waals surface area contributed by atoms with Crippen molar-refractivity contribution < 1.29 is 30.8 Å². The van der Waals surface area contributed by atoms with Crippen LogP contribution in [-0.4, -0.2) is 68.2 Å². The normalized spacial score (nSPS) is 17.0. The number of benzene rings is 2. The first kappa shape index (κ1) is 28.1. The van der Waals surface area contributed by atoms with Gasteiger partial charge in [0.05, 0.1) is 4.90 Å². The van der Waals surface area contributed by atoms with Crippen molar-refractivity contribution in [3.8, 4) is 0 Å². The smallest absolute Gasteiger partial charge is 0.368 e. The molecule has 3 heterocycles. The number of aromatic nitrogens is 2. The molecule has 2 aromatic carbocycles. The molecule has 9 nitrogen and oxygen atoms in total. The van der Waals surface area contributed by atoms with Crippen LogP contribution in [0, 0.1) is 5.82 Å². The molecule has 0 radical (unpaired) electrons. The first-order valence-corrected chi connectivity index (χ1v) is 14.8. The van der Waals surface area contributed by atoms with Crippen LogP contribution in [0.25, 0.3) is 0 Å². The zero-order chi connectivity index (χ0) is 28.7. The summed E-state index contributed by atoms with van der Waals surface area (Å²) in [5.74, 6) is -0.288. The molecule has 0 spiro atoms. The van der Waals surface area contributed by atoms with Crippen molar-refractivity contribution in [2.75, 3.05) is 47.2 Å². The number of alkyl halides is 3. The number of nitrogens with zero attached hydrogens (tertiary/aromatic N) is 5. The first-order chi connectivity index (χ1) is 18.9. The number of piperazine rings is 1. The van der Waals surface area contributed by atoms with Crippen LogP contribution in [0.4, 0.5) is 34.1 Å². The summed E-state index contributed by atoms with van der Waals surface area (Å²) in [6.45, 7) is 4.62. The van der Waals surface area contributed by atoms with Gasteiger partial charge < -0.3 is 14.7 Å². The average molecular weight is 599 g/mol. The van der Waals surface area contributed by atoms with E-state index in [1.165, 1.54) is 24.3 Å². The van der Waals surface area contributed by atoms with Gasteiger partial charge in [-0.15, -0.1) is 10.2 Å². The number of rotatable bonds is 6. The molecule has 2 aliphatic rings. The highest BCUT2D eigenvalue weighted by Crippen LogP contribution is 2.34. The van der Waals surface area contributed by atoms with E-state index >= 15 is 0 Å². The summed E-state index contributed by atoms with van der Waals surface area (Å²) >= 11 is 0.102. The molecule has 0 unspecified atom stereocenters. The second kappa shape index (κ2) is 10.8. The number of nitrogens with one attached hydrogen (secondary N) is 1. The molecule has 1 N–H and O–H groups in total. The maximum absolute atomic E-state index is 13.7. The Kier molecular flexibility index (Phi) is 7.61. The lowest BCUT2D eigenvalue weighted by Crippen LogP contribution is -2.55. The van der Waals surface area contributed by atoms with Crippen LogP contribution in [0.1, 0.15) is 23.9 Å². The van der Waals surface area contributed by atoms with Crippen molar-refractivity contribution in [3.63, 3.8) is 0 Å². The van der Waals surface area contributed by atoms with Gasteiger partial charge in [0.25, 0.3) is 10.0 Å². The molecule has 1 atom stereocenters. The summed E-state index contributed by atoms with van der Waals surface area (Å²) in [5.41, 5.74) is 2.55. The highest BCUT2D eigenvalue weighted by Gasteiger charge is 2.36. The van der Waals surface area contributed by atoms with E-state index in [9.17, 15) is 30.8 Å². The predicted molar refractivity (Wildman–Crippen MR) is 142 cm³/mol. The number of carbonyl (C=O) groups is 1. The summed E-state index contributed by atoms with van der Waals surface area (Å²) in [5, 5.41) is 4.51. The molecule has 15 heteroatoms. The van der Waals surface area contributed by atoms with Crippen molar-refractivity contribution >= 4 is 43.8 Å². The minimum atomic E-state index is -4.71. The Bertz CT molecular complexity index is 1490. The average Bonchev–Trinajstić information content (AvgIpc) is 3.40. The third-order valence-corrected chi connectivity index (χ3v) is 9.38. The van der Waals surface area contributed by atoms with Gasteiger partial charge in [0.2, 0.25) is 16.0 Å². The second-order valence-corrected chi connectivity index (χ2v) is 12.2. The minimum Gasteiger partial charge on any atom is -0.368 e. The van der Waals surface area contributed by atoms with Crippen LogP contribution < -0.4 is 14.5 Å². The molecule has 5 rings (SSSR count). The number of amides is 1. The van der Waals surface area contributed by atoms with Gasteiger partial charge in [0.15, 0.2) is 0 Å². The summed E-state index contributed by atoms with van der Waals surface area (Å²) < 4.78 is 79.1. The van der Waals surface area contributed by atoms with Gasteiger partial charge in [-0.05, 0) is 67.8 Å². The Morgan fingerprint density at radius 1 is 1.02 bits per heavy atom. The SMILES string of the molecule is C[C@H](C(=O)N1CCN(c2ccc(S(=O)(=O)Nc3nnc(C(F)(F)F)s3)cc2)CC1)N1CCCc2cc(F)ccc21. The van der Waals surface area contributed by atoms with Gasteiger partial charge in [-0.25, -0.2) is 12.8 Å². The molecular formula is C25H26F4N6O3S2. The van der Waals surface area contributed by atoms with E-state index in [1.807, 2.05) is 21.4 Å². The molecule has 0 aliphatic carbocycles. The van der Waals surface area contributed by atoms with Crippen LogP contribution in [0.5, 0.6) is 0 Å². The van der Waals surface area contributed by atoms with Crippen LogP contribution >= 0.6 is 11.3 Å². The molecule has 214 valence electrons. The molecule has 40 heavy (non-hydrogen) atoms. The fraction of sp³-hybridized carbons (Fsp3) is 0.400. The van der Waals surface area contributed by atoms with Crippen LogP contribution in [-0.2, 0) is 27.4 Å². The fourth-order valence-corrected chi connectivity index (χ4v) is 6.81. The number of halogens is 4. The van der Waals surface area contributed by atoms with Crippen molar-refractivity contribution in [3.05, 3.63) is 58.9 Å². The Morgan fingerprint density at radius 3 is 2.38 bits per heavy atom. The molecule has 2 aliphatic heterocycles. The van der Waals surface area contributed by atoms with Crippen molar-refractivity contribution in [1.82, 2.24) is 15.1 Å². The highest BCUT2D eigenvalue weighted by molar-refractivity contribution is 7.93. The van der Waals surface area contributed by atoms with E-state index in [1.54, 1.807) is 23.1 Å². The molecular weight excluding hydrogens is 572 g/mol. The number of hydrogen-bond acceptors (Lipinski definition) is 8. The number of aryl methyl sites for hydroxylation is 1. The van der Waals surface area contributed by atoms with E-state index in [-0.39, 0.29) is 28.0 Å². The second-order valence-electron chi connectivity index (χ2n) is 9.57. The van der Waals surface area contributed by atoms with Gasteiger partial charge >= 0.3 is 6.18 Å². The molecule has 1 fully saturated rings. The standard InChI is InChI=1S/C25H26F4N6O3S2/c1-16(35-10-2-3-17-15-18(26)4-9-21(17)35)22(36)34-13-11-33(12-14-34)19-5-7-20(8-6-19)40(37,38)32-24-31-30-23(39-24)25(27,28)29/h4-9,15-16H,2-3,10-14H2,1H3,(H,31,32)/t16-/m1/s1. The van der Waals surface area contributed by atoms with Gasteiger partial charge in [0.1, 0.15) is 11.9 Å². The van der Waals surface area contributed by atoms with Crippen LogP contribution in [0.15, 0.2) is 47.4 Å². The van der Waals surface area contributed by atoms with Crippen LogP contribution in [0.3, 0.4) is 0 Å². The molecule has 1 amide bonds. The van der Waals surface area contributed by atoms with E-state index in [0.717, 1.165) is 36.3 Å². The predicted octanol–water partition coefficient (Wildman–Crippen LogP) is 3.99. The Labute approximate surface area is 232 Å². The maximum Gasteiger partial charge on any atom is 0.445 e. The van der Waals surface area contributed by atoms with E-state index < -0.39 is 32.4 Å². The molecule has 1 aromatic heterocycles. The summed E-state index contributed by atoms with van der Waals surface area (Å²) in [4.78, 5) is 19.1. The fourth-order valence-electron chi connectivity index (χ4n) is 4.97. The monoisotopic (exact) mass is 598 g/mol. The highest BCUT2D eigenvalue weighted by atomic mass is 32.2. The van der Waals surface area contributed by atoms with E-state index in [2.05, 4.69) is 10.2 Å². The lowest BCUT2D eigenvalue weighted by molar-refractivity contribution is -0.138. The van der Waals surface area contributed by atoms with Crippen molar-refractivity contribution in [2.24, 2.45) is 0 Å². The number of anilines is 3. The Morgan fingerprint density at radius 2 is 1.73 bits per heavy atom. The van der Waals surface area contributed by atoms with Gasteiger partial charge in [-0.1, -0.05) is 11.3 Å². The number of carbonyl (C=O) groups excluding carboxylic acids is 1. The molecule has 0 bridgehead atoms. The number of sulfonamides is 1. The molecule has 3 aromatic rings. The number of hydrogen-bond donors (Lipinski definition) is 1. The lowest BCUT2D eigenvalue weighted by Gasteiger charge is -2.41. The van der Waals surface area contributed by atoms with Gasteiger partial charge in [-0.3, -0.25) is 9.52 Å². The van der Waals surface area contributed by atoms with Crippen molar-refractivity contribution in [1.29, 1.82) is 0 Å².